The number of hydrogen-bond donors (Lipinski definition) is 0. The number of alkyl halides is 2. The van der Waals surface area contributed by atoms with Crippen LogP contribution in [-0.2, 0) is 9.84 Å². The minimum Gasteiger partial charge on any atom is -0.232 e. The first-order valence-corrected chi connectivity index (χ1v) is 12.0. The molecule has 1 aromatic heterocycles. The fraction of sp³-hybridized carbons (Fsp3) is 0.0870. The van der Waals surface area contributed by atoms with Crippen molar-refractivity contribution in [2.24, 2.45) is 0 Å². The SMILES string of the molecule is CS(=O)(=O)c1ccc(-c2c(-c3ccc(Cl)cc3)c(C(F)F)nn2-c2ccc(Cl)cc2)cc1. The number of halogens is 4. The standard InChI is InChI=1S/C23H16Cl2F2N2O2S/c1-32(30,31)19-12-4-15(5-13-19)22-20(14-2-6-16(24)7-3-14)21(23(26)27)28-29(22)18-10-8-17(25)9-11-18/h2-13,23H,1H3. The fourth-order valence-corrected chi connectivity index (χ4v) is 4.27. The maximum atomic E-state index is 14.1. The van der Waals surface area contributed by atoms with Gasteiger partial charge in [0.15, 0.2) is 9.84 Å². The van der Waals surface area contributed by atoms with Gasteiger partial charge in [0, 0.05) is 27.4 Å². The second-order valence-corrected chi connectivity index (χ2v) is 9.99. The zero-order chi connectivity index (χ0) is 23.0. The van der Waals surface area contributed by atoms with E-state index in [9.17, 15) is 17.2 Å². The van der Waals surface area contributed by atoms with Gasteiger partial charge in [-0.1, -0.05) is 47.5 Å². The summed E-state index contributed by atoms with van der Waals surface area (Å²) in [5, 5.41) is 5.19. The molecule has 0 saturated carbocycles. The monoisotopic (exact) mass is 492 g/mol. The third-order valence-electron chi connectivity index (χ3n) is 4.88. The van der Waals surface area contributed by atoms with Crippen molar-refractivity contribution >= 4 is 33.0 Å². The smallest absolute Gasteiger partial charge is 0.232 e. The Kier molecular flexibility index (Phi) is 6.07. The molecule has 0 fully saturated rings. The lowest BCUT2D eigenvalue weighted by molar-refractivity contribution is 0.146. The average molecular weight is 493 g/mol. The minimum atomic E-state index is -3.42. The van der Waals surface area contributed by atoms with Crippen molar-refractivity contribution in [1.82, 2.24) is 9.78 Å². The molecule has 4 aromatic rings. The minimum absolute atomic E-state index is 0.126. The van der Waals surface area contributed by atoms with Gasteiger partial charge in [0.25, 0.3) is 6.43 Å². The van der Waals surface area contributed by atoms with Crippen molar-refractivity contribution in [3.05, 3.63) is 88.5 Å². The molecule has 0 amide bonds. The largest absolute Gasteiger partial charge is 0.282 e. The number of hydrogen-bond acceptors (Lipinski definition) is 3. The van der Waals surface area contributed by atoms with E-state index < -0.39 is 22.0 Å². The van der Waals surface area contributed by atoms with Crippen LogP contribution in [-0.4, -0.2) is 24.5 Å². The highest BCUT2D eigenvalue weighted by molar-refractivity contribution is 7.90. The predicted molar refractivity (Wildman–Crippen MR) is 123 cm³/mol. The van der Waals surface area contributed by atoms with Crippen LogP contribution in [0.3, 0.4) is 0 Å². The topological polar surface area (TPSA) is 52.0 Å². The van der Waals surface area contributed by atoms with E-state index in [-0.39, 0.29) is 10.5 Å². The number of sulfone groups is 1. The summed E-state index contributed by atoms with van der Waals surface area (Å²) in [7, 11) is -3.42. The molecule has 1 heterocycles. The molecule has 0 bridgehead atoms. The highest BCUT2D eigenvalue weighted by Gasteiger charge is 2.27. The summed E-state index contributed by atoms with van der Waals surface area (Å²) in [6.45, 7) is 0. The molecule has 164 valence electrons. The number of aromatic nitrogens is 2. The summed E-state index contributed by atoms with van der Waals surface area (Å²) in [5.74, 6) is 0. The van der Waals surface area contributed by atoms with Gasteiger partial charge in [-0.3, -0.25) is 0 Å². The molecular formula is C23H16Cl2F2N2O2S. The van der Waals surface area contributed by atoms with Crippen LogP contribution in [0.5, 0.6) is 0 Å². The van der Waals surface area contributed by atoms with E-state index in [1.807, 2.05) is 0 Å². The van der Waals surface area contributed by atoms with Gasteiger partial charge >= 0.3 is 0 Å². The number of benzene rings is 3. The number of rotatable bonds is 5. The van der Waals surface area contributed by atoms with Crippen molar-refractivity contribution in [3.63, 3.8) is 0 Å². The van der Waals surface area contributed by atoms with Gasteiger partial charge in [-0.25, -0.2) is 21.9 Å². The molecule has 0 atom stereocenters. The average Bonchev–Trinajstić information content (AvgIpc) is 3.15. The Labute approximate surface area is 194 Å². The van der Waals surface area contributed by atoms with E-state index in [0.29, 0.717) is 32.6 Å². The lowest BCUT2D eigenvalue weighted by Crippen LogP contribution is -2.01. The molecule has 0 saturated heterocycles. The summed E-state index contributed by atoms with van der Waals surface area (Å²) >= 11 is 12.0. The highest BCUT2D eigenvalue weighted by atomic mass is 35.5. The van der Waals surface area contributed by atoms with E-state index in [0.717, 1.165) is 6.26 Å². The van der Waals surface area contributed by atoms with Gasteiger partial charge in [-0.05, 0) is 54.1 Å². The Bertz CT molecular complexity index is 1370. The molecule has 0 spiro atoms. The summed E-state index contributed by atoms with van der Waals surface area (Å²) in [6, 6.07) is 19.2. The quantitative estimate of drug-likeness (QED) is 0.306. The summed E-state index contributed by atoms with van der Waals surface area (Å²) in [4.78, 5) is 0.126. The highest BCUT2D eigenvalue weighted by Crippen LogP contribution is 2.41. The molecule has 4 rings (SSSR count). The Morgan fingerprint density at radius 2 is 1.31 bits per heavy atom. The first kappa shape index (κ1) is 22.5. The molecular weight excluding hydrogens is 477 g/mol. The van der Waals surface area contributed by atoms with E-state index in [4.69, 9.17) is 23.2 Å². The first-order chi connectivity index (χ1) is 15.1. The van der Waals surface area contributed by atoms with Crippen molar-refractivity contribution < 1.29 is 17.2 Å². The second kappa shape index (κ2) is 8.65. The van der Waals surface area contributed by atoms with Crippen LogP contribution < -0.4 is 0 Å². The molecule has 32 heavy (non-hydrogen) atoms. The fourth-order valence-electron chi connectivity index (χ4n) is 3.38. The predicted octanol–water partition coefficient (Wildman–Crippen LogP) is 6.85. The van der Waals surface area contributed by atoms with E-state index in [1.165, 1.54) is 16.8 Å². The van der Waals surface area contributed by atoms with Crippen molar-refractivity contribution in [2.45, 2.75) is 11.3 Å². The third kappa shape index (κ3) is 4.41. The molecule has 3 aromatic carbocycles. The van der Waals surface area contributed by atoms with Gasteiger partial charge in [0.2, 0.25) is 0 Å². The molecule has 4 nitrogen and oxygen atoms in total. The van der Waals surface area contributed by atoms with Gasteiger partial charge in [0.1, 0.15) is 5.69 Å². The summed E-state index contributed by atoms with van der Waals surface area (Å²) < 4.78 is 53.4. The van der Waals surface area contributed by atoms with Crippen molar-refractivity contribution in [1.29, 1.82) is 0 Å². The lowest BCUT2D eigenvalue weighted by atomic mass is 9.98. The Morgan fingerprint density at radius 1 is 0.812 bits per heavy atom. The van der Waals surface area contributed by atoms with Crippen LogP contribution in [0, 0.1) is 0 Å². The molecule has 0 unspecified atom stereocenters. The van der Waals surface area contributed by atoms with Crippen LogP contribution in [0.15, 0.2) is 77.7 Å². The zero-order valence-corrected chi connectivity index (χ0v) is 19.0. The van der Waals surface area contributed by atoms with Gasteiger partial charge in [-0.2, -0.15) is 5.10 Å². The van der Waals surface area contributed by atoms with E-state index in [1.54, 1.807) is 60.7 Å². The zero-order valence-electron chi connectivity index (χ0n) is 16.6. The van der Waals surface area contributed by atoms with Crippen LogP contribution in [0.1, 0.15) is 12.1 Å². The lowest BCUT2D eigenvalue weighted by Gasteiger charge is -2.12. The summed E-state index contributed by atoms with van der Waals surface area (Å²) in [5.41, 5.74) is 1.79. The van der Waals surface area contributed by atoms with Crippen molar-refractivity contribution in [2.75, 3.05) is 6.26 Å². The van der Waals surface area contributed by atoms with Crippen LogP contribution >= 0.6 is 23.2 Å². The van der Waals surface area contributed by atoms with Gasteiger partial charge in [-0.15, -0.1) is 0 Å². The van der Waals surface area contributed by atoms with E-state index in [2.05, 4.69) is 5.10 Å². The van der Waals surface area contributed by atoms with Crippen LogP contribution in [0.2, 0.25) is 10.0 Å². The van der Waals surface area contributed by atoms with Gasteiger partial charge in [0.05, 0.1) is 16.3 Å². The van der Waals surface area contributed by atoms with E-state index >= 15 is 0 Å². The first-order valence-electron chi connectivity index (χ1n) is 9.38. The molecule has 0 N–H and O–H groups in total. The summed E-state index contributed by atoms with van der Waals surface area (Å²) in [6.07, 6.45) is -1.74. The molecule has 0 aliphatic heterocycles. The van der Waals surface area contributed by atoms with Crippen LogP contribution in [0.4, 0.5) is 8.78 Å². The molecule has 0 radical (unpaired) electrons. The second-order valence-electron chi connectivity index (χ2n) is 7.10. The van der Waals surface area contributed by atoms with Crippen LogP contribution in [0.25, 0.3) is 28.1 Å². The Balaban J connectivity index is 2.04. The maximum Gasteiger partial charge on any atom is 0.282 e. The normalized spacial score (nSPS) is 11.8. The molecule has 9 heteroatoms. The Hall–Kier alpha value is -2.74. The number of nitrogens with zero attached hydrogens (tertiary/aromatic N) is 2. The van der Waals surface area contributed by atoms with Crippen molar-refractivity contribution in [3.8, 4) is 28.1 Å². The Morgan fingerprint density at radius 3 is 1.81 bits per heavy atom. The maximum absolute atomic E-state index is 14.1. The van der Waals surface area contributed by atoms with Gasteiger partial charge < -0.3 is 0 Å². The third-order valence-corrected chi connectivity index (χ3v) is 6.51. The molecule has 0 aliphatic rings. The molecule has 0 aliphatic carbocycles.